The summed E-state index contributed by atoms with van der Waals surface area (Å²) in [4.78, 5) is 0.0879. The Kier molecular flexibility index (Phi) is 5.17. The van der Waals surface area contributed by atoms with E-state index in [0.717, 1.165) is 12.1 Å². The van der Waals surface area contributed by atoms with Crippen molar-refractivity contribution in [2.75, 3.05) is 0 Å². The molecule has 0 saturated heterocycles. The van der Waals surface area contributed by atoms with Crippen molar-refractivity contribution in [2.24, 2.45) is 0 Å². The van der Waals surface area contributed by atoms with Gasteiger partial charge in [0.25, 0.3) is 0 Å². The van der Waals surface area contributed by atoms with E-state index in [9.17, 15) is 22.3 Å². The highest BCUT2D eigenvalue weighted by molar-refractivity contribution is 7.89. The van der Waals surface area contributed by atoms with Crippen LogP contribution in [0.1, 0.15) is 25.7 Å². The van der Waals surface area contributed by atoms with Gasteiger partial charge in [0.05, 0.1) is 11.0 Å². The zero-order valence-corrected chi connectivity index (χ0v) is 14.3. The standard InChI is InChI=1S/C18H19F2NO3S/c19-13-3-10-17(18(20)11-13)12-1-8-16(9-2-12)25(23,24)21-14-4-6-15(22)7-5-14/h1-3,8-11,14-15,21-22H,4-7H2/t14-,15-. The molecule has 134 valence electrons. The third-order valence-corrected chi connectivity index (χ3v) is 5.96. The van der Waals surface area contributed by atoms with E-state index in [4.69, 9.17) is 0 Å². The first-order chi connectivity index (χ1) is 11.8. The van der Waals surface area contributed by atoms with Crippen LogP contribution >= 0.6 is 0 Å². The molecule has 2 aromatic rings. The molecule has 2 N–H and O–H groups in total. The summed E-state index contributed by atoms with van der Waals surface area (Å²) in [5, 5.41) is 9.49. The molecule has 0 amide bonds. The number of nitrogens with one attached hydrogen (secondary N) is 1. The summed E-state index contributed by atoms with van der Waals surface area (Å²) in [6, 6.07) is 8.87. The van der Waals surface area contributed by atoms with Crippen molar-refractivity contribution in [1.29, 1.82) is 0 Å². The number of aliphatic hydroxyl groups excluding tert-OH is 1. The lowest BCUT2D eigenvalue weighted by atomic mass is 9.94. The summed E-state index contributed by atoms with van der Waals surface area (Å²) in [5.74, 6) is -1.36. The highest BCUT2D eigenvalue weighted by Crippen LogP contribution is 2.25. The number of aliphatic hydroxyl groups is 1. The van der Waals surface area contributed by atoms with Gasteiger partial charge in [-0.25, -0.2) is 21.9 Å². The van der Waals surface area contributed by atoms with Crippen molar-refractivity contribution in [3.63, 3.8) is 0 Å². The van der Waals surface area contributed by atoms with Crippen molar-refractivity contribution < 1.29 is 22.3 Å². The van der Waals surface area contributed by atoms with Crippen LogP contribution in [-0.4, -0.2) is 25.7 Å². The van der Waals surface area contributed by atoms with Crippen LogP contribution in [0.5, 0.6) is 0 Å². The average molecular weight is 367 g/mol. The minimum atomic E-state index is -3.68. The van der Waals surface area contributed by atoms with E-state index in [1.165, 1.54) is 30.3 Å². The molecule has 1 saturated carbocycles. The van der Waals surface area contributed by atoms with Gasteiger partial charge in [-0.05, 0) is 55.5 Å². The molecule has 0 aromatic heterocycles. The summed E-state index contributed by atoms with van der Waals surface area (Å²) in [5.41, 5.74) is 0.678. The molecule has 7 heteroatoms. The van der Waals surface area contributed by atoms with Gasteiger partial charge in [0.15, 0.2) is 0 Å². The highest BCUT2D eigenvalue weighted by atomic mass is 32.2. The Labute approximate surface area is 145 Å². The lowest BCUT2D eigenvalue weighted by molar-refractivity contribution is 0.120. The number of rotatable bonds is 4. The fourth-order valence-corrected chi connectivity index (χ4v) is 4.32. The Hall–Kier alpha value is -1.83. The number of hydrogen-bond donors (Lipinski definition) is 2. The molecule has 0 unspecified atom stereocenters. The second-order valence-corrected chi connectivity index (χ2v) is 7.99. The van der Waals surface area contributed by atoms with E-state index in [-0.39, 0.29) is 22.6 Å². The Morgan fingerprint density at radius 3 is 2.20 bits per heavy atom. The maximum Gasteiger partial charge on any atom is 0.240 e. The second-order valence-electron chi connectivity index (χ2n) is 6.28. The van der Waals surface area contributed by atoms with Gasteiger partial charge in [0, 0.05) is 17.7 Å². The van der Waals surface area contributed by atoms with Gasteiger partial charge in [0.1, 0.15) is 11.6 Å². The van der Waals surface area contributed by atoms with Crippen LogP contribution in [0.2, 0.25) is 0 Å². The quantitative estimate of drug-likeness (QED) is 0.872. The molecule has 2 aromatic carbocycles. The molecule has 1 aliphatic rings. The number of halogens is 2. The van der Waals surface area contributed by atoms with E-state index < -0.39 is 21.7 Å². The molecule has 0 spiro atoms. The van der Waals surface area contributed by atoms with Crippen molar-refractivity contribution in [1.82, 2.24) is 4.72 Å². The SMILES string of the molecule is O=S(=O)(N[C@H]1CC[C@H](O)CC1)c1ccc(-c2ccc(F)cc2F)cc1. The second kappa shape index (κ2) is 7.19. The minimum Gasteiger partial charge on any atom is -0.393 e. The third-order valence-electron chi connectivity index (χ3n) is 4.43. The van der Waals surface area contributed by atoms with Gasteiger partial charge in [-0.2, -0.15) is 0 Å². The number of hydrogen-bond acceptors (Lipinski definition) is 3. The van der Waals surface area contributed by atoms with Gasteiger partial charge in [0.2, 0.25) is 10.0 Å². The largest absolute Gasteiger partial charge is 0.393 e. The molecule has 3 rings (SSSR count). The zero-order chi connectivity index (χ0) is 18.0. The summed E-state index contributed by atoms with van der Waals surface area (Å²) < 4.78 is 54.3. The molecular weight excluding hydrogens is 348 g/mol. The van der Waals surface area contributed by atoms with Crippen LogP contribution in [0.3, 0.4) is 0 Å². The van der Waals surface area contributed by atoms with E-state index in [1.807, 2.05) is 0 Å². The first-order valence-corrected chi connectivity index (χ1v) is 9.59. The van der Waals surface area contributed by atoms with Crippen LogP contribution in [0.4, 0.5) is 8.78 Å². The van der Waals surface area contributed by atoms with Gasteiger partial charge in [-0.15, -0.1) is 0 Å². The molecular formula is C18H19F2NO3S. The Morgan fingerprint density at radius 2 is 1.60 bits per heavy atom. The van der Waals surface area contributed by atoms with Crippen LogP contribution in [0.15, 0.2) is 47.4 Å². The molecule has 0 atom stereocenters. The van der Waals surface area contributed by atoms with Crippen LogP contribution in [0.25, 0.3) is 11.1 Å². The van der Waals surface area contributed by atoms with E-state index in [1.54, 1.807) is 0 Å². The first-order valence-electron chi connectivity index (χ1n) is 8.11. The monoisotopic (exact) mass is 367 g/mol. The maximum absolute atomic E-state index is 13.8. The van der Waals surface area contributed by atoms with Crippen molar-refractivity contribution >= 4 is 10.0 Å². The lowest BCUT2D eigenvalue weighted by Crippen LogP contribution is -2.38. The van der Waals surface area contributed by atoms with Gasteiger partial charge in [-0.3, -0.25) is 0 Å². The molecule has 0 bridgehead atoms. The third kappa shape index (κ3) is 4.23. The predicted octanol–water partition coefficient (Wildman–Crippen LogP) is 3.21. The highest BCUT2D eigenvalue weighted by Gasteiger charge is 2.24. The van der Waals surface area contributed by atoms with Crippen molar-refractivity contribution in [3.8, 4) is 11.1 Å². The molecule has 0 aliphatic heterocycles. The summed E-state index contributed by atoms with van der Waals surface area (Å²) in [7, 11) is -3.68. The maximum atomic E-state index is 13.8. The van der Waals surface area contributed by atoms with Crippen LogP contribution in [0, 0.1) is 11.6 Å². The summed E-state index contributed by atoms with van der Waals surface area (Å²) in [6.07, 6.45) is 2.00. The van der Waals surface area contributed by atoms with E-state index in [0.29, 0.717) is 31.2 Å². The fraction of sp³-hybridized carbons (Fsp3) is 0.333. The topological polar surface area (TPSA) is 66.4 Å². The first kappa shape index (κ1) is 18.0. The zero-order valence-electron chi connectivity index (χ0n) is 13.5. The average Bonchev–Trinajstić information content (AvgIpc) is 2.57. The van der Waals surface area contributed by atoms with Gasteiger partial charge >= 0.3 is 0 Å². The van der Waals surface area contributed by atoms with Crippen LogP contribution < -0.4 is 4.72 Å². The number of benzene rings is 2. The normalized spacial score (nSPS) is 21.2. The molecule has 0 heterocycles. The molecule has 1 fully saturated rings. The Balaban J connectivity index is 1.77. The molecule has 4 nitrogen and oxygen atoms in total. The molecule has 1 aliphatic carbocycles. The van der Waals surface area contributed by atoms with Crippen molar-refractivity contribution in [2.45, 2.75) is 42.7 Å². The minimum absolute atomic E-state index is 0.0879. The Morgan fingerprint density at radius 1 is 0.960 bits per heavy atom. The van der Waals surface area contributed by atoms with Gasteiger partial charge in [-0.1, -0.05) is 12.1 Å². The Bertz CT molecular complexity index is 845. The van der Waals surface area contributed by atoms with E-state index in [2.05, 4.69) is 4.72 Å². The van der Waals surface area contributed by atoms with Crippen LogP contribution in [-0.2, 0) is 10.0 Å². The number of sulfonamides is 1. The smallest absolute Gasteiger partial charge is 0.240 e. The molecule has 25 heavy (non-hydrogen) atoms. The van der Waals surface area contributed by atoms with Gasteiger partial charge < -0.3 is 5.11 Å². The fourth-order valence-electron chi connectivity index (χ4n) is 3.02. The lowest BCUT2D eigenvalue weighted by Gasteiger charge is -2.26. The summed E-state index contributed by atoms with van der Waals surface area (Å²) in [6.45, 7) is 0. The molecule has 0 radical (unpaired) electrons. The van der Waals surface area contributed by atoms with Crippen molar-refractivity contribution in [3.05, 3.63) is 54.1 Å². The van der Waals surface area contributed by atoms with E-state index >= 15 is 0 Å². The summed E-state index contributed by atoms with van der Waals surface area (Å²) >= 11 is 0. The predicted molar refractivity (Wildman–Crippen MR) is 90.4 cm³/mol.